The average molecular weight is 231 g/mol. The van der Waals surface area contributed by atoms with Crippen LogP contribution in [-0.4, -0.2) is 52.6 Å². The number of carbonyl (C=O) groups excluding carboxylic acids is 1. The maximum atomic E-state index is 11.8. The van der Waals surface area contributed by atoms with Gasteiger partial charge in [-0.15, -0.1) is 0 Å². The largest absolute Gasteiger partial charge is 0.444 e. The summed E-state index contributed by atoms with van der Waals surface area (Å²) in [6.07, 6.45) is 0.217. The quantitative estimate of drug-likeness (QED) is 0.730. The van der Waals surface area contributed by atoms with Gasteiger partial charge in [0.15, 0.2) is 0 Å². The van der Waals surface area contributed by atoms with E-state index in [1.165, 1.54) is 4.90 Å². The third-order valence-corrected chi connectivity index (χ3v) is 2.60. The number of likely N-dealkylation sites (tertiary alicyclic amines) is 1. The van der Waals surface area contributed by atoms with E-state index in [1.807, 2.05) is 0 Å². The number of nitrogens with zero attached hydrogens (tertiary/aromatic N) is 1. The van der Waals surface area contributed by atoms with Gasteiger partial charge in [-0.1, -0.05) is 0 Å². The monoisotopic (exact) mass is 231 g/mol. The first-order valence-corrected chi connectivity index (χ1v) is 5.58. The second-order valence-corrected chi connectivity index (χ2v) is 5.25. The smallest absolute Gasteiger partial charge is 0.410 e. The first kappa shape index (κ1) is 13.3. The van der Waals surface area contributed by atoms with Gasteiger partial charge in [0.1, 0.15) is 5.60 Å². The van der Waals surface area contributed by atoms with Gasteiger partial charge in [0.2, 0.25) is 0 Å². The Bertz CT molecular complexity index is 249. The van der Waals surface area contributed by atoms with E-state index in [0.29, 0.717) is 13.0 Å². The zero-order chi connectivity index (χ0) is 12.3. The van der Waals surface area contributed by atoms with Crippen molar-refractivity contribution in [2.24, 2.45) is 5.92 Å². The molecule has 16 heavy (non-hydrogen) atoms. The second-order valence-electron chi connectivity index (χ2n) is 5.25. The summed E-state index contributed by atoms with van der Waals surface area (Å²) in [5.74, 6) is 0.0460. The Hall–Kier alpha value is -0.810. The number of ether oxygens (including phenoxy) is 1. The maximum absolute atomic E-state index is 11.8. The molecule has 1 saturated heterocycles. The Morgan fingerprint density at radius 2 is 2.00 bits per heavy atom. The van der Waals surface area contributed by atoms with Gasteiger partial charge in [0, 0.05) is 19.1 Å². The van der Waals surface area contributed by atoms with Gasteiger partial charge in [0.25, 0.3) is 0 Å². The molecule has 1 aliphatic rings. The van der Waals surface area contributed by atoms with E-state index < -0.39 is 11.7 Å². The molecule has 0 aromatic heterocycles. The molecular weight excluding hydrogens is 210 g/mol. The number of amides is 1. The molecule has 1 fully saturated rings. The standard InChI is InChI=1S/C11H21NO4/c1-11(2,3)16-10(15)12-5-8(6-13)4-9(12)7-14/h8-9,13-14H,4-7H2,1-3H3/t8-,9+/m1/s1. The first-order valence-electron chi connectivity index (χ1n) is 5.58. The zero-order valence-corrected chi connectivity index (χ0v) is 10.1. The SMILES string of the molecule is CC(C)(C)OC(=O)N1C[C@H](CO)C[C@H]1CO. The molecule has 0 spiro atoms. The highest BCUT2D eigenvalue weighted by Gasteiger charge is 2.36. The fraction of sp³-hybridized carbons (Fsp3) is 0.909. The summed E-state index contributed by atoms with van der Waals surface area (Å²) in [5, 5.41) is 18.2. The first-order chi connectivity index (χ1) is 7.37. The lowest BCUT2D eigenvalue weighted by molar-refractivity contribution is 0.0170. The van der Waals surface area contributed by atoms with Gasteiger partial charge >= 0.3 is 6.09 Å². The van der Waals surface area contributed by atoms with Crippen LogP contribution in [0.15, 0.2) is 0 Å². The molecule has 0 aliphatic carbocycles. The predicted octanol–water partition coefficient (Wildman–Crippen LogP) is 0.597. The highest BCUT2D eigenvalue weighted by atomic mass is 16.6. The molecule has 5 heteroatoms. The number of hydrogen-bond acceptors (Lipinski definition) is 4. The molecule has 1 rings (SSSR count). The van der Waals surface area contributed by atoms with E-state index >= 15 is 0 Å². The molecule has 5 nitrogen and oxygen atoms in total. The fourth-order valence-electron chi connectivity index (χ4n) is 1.86. The number of hydrogen-bond donors (Lipinski definition) is 2. The Labute approximate surface area is 96.0 Å². The van der Waals surface area contributed by atoms with Crippen molar-refractivity contribution < 1.29 is 19.7 Å². The summed E-state index contributed by atoms with van der Waals surface area (Å²) in [6, 6.07) is -0.230. The molecule has 2 atom stereocenters. The van der Waals surface area contributed by atoms with Gasteiger partial charge in [-0.2, -0.15) is 0 Å². The summed E-state index contributed by atoms with van der Waals surface area (Å²) in [7, 11) is 0. The van der Waals surface area contributed by atoms with Gasteiger partial charge in [-0.3, -0.25) is 0 Å². The van der Waals surface area contributed by atoms with Crippen molar-refractivity contribution in [1.82, 2.24) is 4.90 Å². The van der Waals surface area contributed by atoms with Crippen molar-refractivity contribution in [2.45, 2.75) is 38.8 Å². The van der Waals surface area contributed by atoms with Crippen molar-refractivity contribution >= 4 is 6.09 Å². The van der Waals surface area contributed by atoms with Gasteiger partial charge in [-0.05, 0) is 27.2 Å². The van der Waals surface area contributed by atoms with Crippen LogP contribution in [0.2, 0.25) is 0 Å². The number of carbonyl (C=O) groups is 1. The summed E-state index contributed by atoms with van der Waals surface area (Å²) < 4.78 is 5.24. The molecule has 0 aromatic rings. The van der Waals surface area contributed by atoms with Crippen LogP contribution in [0.5, 0.6) is 0 Å². The minimum atomic E-state index is -0.533. The van der Waals surface area contributed by atoms with Gasteiger partial charge in [-0.25, -0.2) is 4.79 Å². The van der Waals surface area contributed by atoms with E-state index in [0.717, 1.165) is 0 Å². The molecule has 2 N–H and O–H groups in total. The molecule has 0 unspecified atom stereocenters. The summed E-state index contributed by atoms with van der Waals surface area (Å²) in [4.78, 5) is 13.3. The topological polar surface area (TPSA) is 70.0 Å². The maximum Gasteiger partial charge on any atom is 0.410 e. The highest BCUT2D eigenvalue weighted by molar-refractivity contribution is 5.69. The van der Waals surface area contributed by atoms with Gasteiger partial charge in [0.05, 0.1) is 12.6 Å². The van der Waals surface area contributed by atoms with E-state index in [-0.39, 0.29) is 25.2 Å². The van der Waals surface area contributed by atoms with Crippen LogP contribution in [0, 0.1) is 5.92 Å². The van der Waals surface area contributed by atoms with Crippen LogP contribution < -0.4 is 0 Å². The fourth-order valence-corrected chi connectivity index (χ4v) is 1.86. The molecule has 1 heterocycles. The number of aliphatic hydroxyl groups excluding tert-OH is 2. The van der Waals surface area contributed by atoms with Crippen molar-refractivity contribution in [3.8, 4) is 0 Å². The minimum Gasteiger partial charge on any atom is -0.444 e. The minimum absolute atomic E-state index is 0.0375. The zero-order valence-electron chi connectivity index (χ0n) is 10.1. The molecule has 0 aromatic carbocycles. The van der Waals surface area contributed by atoms with E-state index in [9.17, 15) is 4.79 Å². The van der Waals surface area contributed by atoms with Crippen LogP contribution in [0.1, 0.15) is 27.2 Å². The molecule has 0 bridgehead atoms. The third kappa shape index (κ3) is 3.35. The molecule has 1 amide bonds. The third-order valence-electron chi connectivity index (χ3n) is 2.60. The second kappa shape index (κ2) is 5.01. The Morgan fingerprint density at radius 3 is 2.44 bits per heavy atom. The van der Waals surface area contributed by atoms with E-state index in [2.05, 4.69) is 0 Å². The normalized spacial score (nSPS) is 25.9. The average Bonchev–Trinajstić information content (AvgIpc) is 2.58. The summed E-state index contributed by atoms with van der Waals surface area (Å²) in [5.41, 5.74) is -0.533. The summed E-state index contributed by atoms with van der Waals surface area (Å²) >= 11 is 0. The molecule has 0 radical (unpaired) electrons. The van der Waals surface area contributed by atoms with Crippen LogP contribution in [-0.2, 0) is 4.74 Å². The Balaban J connectivity index is 2.61. The van der Waals surface area contributed by atoms with Gasteiger partial charge < -0.3 is 19.8 Å². The highest BCUT2D eigenvalue weighted by Crippen LogP contribution is 2.24. The summed E-state index contributed by atoms with van der Waals surface area (Å²) in [6.45, 7) is 5.82. The molecule has 0 saturated carbocycles. The molecular formula is C11H21NO4. The number of aliphatic hydroxyl groups is 2. The predicted molar refractivity (Wildman–Crippen MR) is 59.0 cm³/mol. The Morgan fingerprint density at radius 1 is 1.38 bits per heavy atom. The van der Waals surface area contributed by atoms with E-state index in [1.54, 1.807) is 20.8 Å². The molecule has 94 valence electrons. The van der Waals surface area contributed by atoms with Crippen LogP contribution in [0.4, 0.5) is 4.79 Å². The van der Waals surface area contributed by atoms with Crippen LogP contribution >= 0.6 is 0 Å². The molecule has 1 aliphatic heterocycles. The number of rotatable bonds is 2. The van der Waals surface area contributed by atoms with E-state index in [4.69, 9.17) is 14.9 Å². The lowest BCUT2D eigenvalue weighted by Crippen LogP contribution is -2.41. The lowest BCUT2D eigenvalue weighted by atomic mass is 10.1. The Kier molecular flexibility index (Phi) is 4.15. The van der Waals surface area contributed by atoms with Crippen LogP contribution in [0.25, 0.3) is 0 Å². The van der Waals surface area contributed by atoms with Crippen molar-refractivity contribution in [3.05, 3.63) is 0 Å². The van der Waals surface area contributed by atoms with Crippen molar-refractivity contribution in [1.29, 1.82) is 0 Å². The lowest BCUT2D eigenvalue weighted by Gasteiger charge is -2.27. The van der Waals surface area contributed by atoms with Crippen molar-refractivity contribution in [2.75, 3.05) is 19.8 Å². The van der Waals surface area contributed by atoms with Crippen molar-refractivity contribution in [3.63, 3.8) is 0 Å². The van der Waals surface area contributed by atoms with Crippen LogP contribution in [0.3, 0.4) is 0 Å².